The van der Waals surface area contributed by atoms with Gasteiger partial charge >= 0.3 is 0 Å². The van der Waals surface area contributed by atoms with E-state index in [2.05, 4.69) is 26.9 Å². The van der Waals surface area contributed by atoms with Crippen LogP contribution in [0.5, 0.6) is 5.88 Å². The van der Waals surface area contributed by atoms with E-state index in [1.165, 1.54) is 5.56 Å². The van der Waals surface area contributed by atoms with Gasteiger partial charge in [0.2, 0.25) is 5.88 Å². The summed E-state index contributed by atoms with van der Waals surface area (Å²) >= 11 is 0. The second kappa shape index (κ2) is 7.91. The van der Waals surface area contributed by atoms with Gasteiger partial charge in [0, 0.05) is 45.3 Å². The Morgan fingerprint density at radius 1 is 1.04 bits per heavy atom. The molecule has 0 aliphatic carbocycles. The number of methoxy groups -OCH3 is 1. The van der Waals surface area contributed by atoms with Gasteiger partial charge in [-0.25, -0.2) is 4.98 Å². The molecule has 3 rings (SSSR count). The quantitative estimate of drug-likeness (QED) is 0.845. The molecule has 24 heavy (non-hydrogen) atoms. The summed E-state index contributed by atoms with van der Waals surface area (Å²) in [6.07, 6.45) is 0. The van der Waals surface area contributed by atoms with Crippen LogP contribution in [0, 0.1) is 11.3 Å². The van der Waals surface area contributed by atoms with Crippen LogP contribution in [0.4, 0.5) is 0 Å². The number of rotatable bonds is 5. The molecule has 1 saturated heterocycles. The minimum absolute atomic E-state index is 0.670. The maximum atomic E-state index is 9.00. The summed E-state index contributed by atoms with van der Waals surface area (Å²) in [7, 11) is 1.65. The van der Waals surface area contributed by atoms with Crippen LogP contribution in [0.1, 0.15) is 16.8 Å². The molecule has 1 aromatic heterocycles. The average molecular weight is 322 g/mol. The van der Waals surface area contributed by atoms with Crippen LogP contribution in [0.25, 0.3) is 0 Å². The van der Waals surface area contributed by atoms with Crippen molar-refractivity contribution in [1.29, 1.82) is 5.26 Å². The van der Waals surface area contributed by atoms with E-state index in [9.17, 15) is 0 Å². The molecule has 0 unspecified atom stereocenters. The molecule has 0 radical (unpaired) electrons. The van der Waals surface area contributed by atoms with Gasteiger partial charge in [-0.3, -0.25) is 9.80 Å². The zero-order valence-corrected chi connectivity index (χ0v) is 14.0. The Labute approximate surface area is 143 Å². The first-order valence-electron chi connectivity index (χ1n) is 8.20. The SMILES string of the molecule is COc1cccc(CN2CCN(Cc3cccc(C#N)c3)CC2)n1. The van der Waals surface area contributed by atoms with Gasteiger partial charge in [-0.1, -0.05) is 18.2 Å². The first kappa shape index (κ1) is 16.4. The molecule has 2 heterocycles. The zero-order valence-electron chi connectivity index (χ0n) is 14.0. The number of hydrogen-bond acceptors (Lipinski definition) is 5. The molecule has 1 aromatic carbocycles. The minimum Gasteiger partial charge on any atom is -0.481 e. The fraction of sp³-hybridized carbons (Fsp3) is 0.368. The van der Waals surface area contributed by atoms with Crippen molar-refractivity contribution in [3.63, 3.8) is 0 Å². The highest BCUT2D eigenvalue weighted by Crippen LogP contribution is 2.13. The van der Waals surface area contributed by atoms with E-state index in [4.69, 9.17) is 10.00 Å². The lowest BCUT2D eigenvalue weighted by molar-refractivity contribution is 0.121. The number of ether oxygens (including phenoxy) is 1. The Bertz CT molecular complexity index is 717. The summed E-state index contributed by atoms with van der Waals surface area (Å²) < 4.78 is 5.19. The first-order valence-corrected chi connectivity index (χ1v) is 8.20. The van der Waals surface area contributed by atoms with Crippen LogP contribution in [0.3, 0.4) is 0 Å². The molecule has 5 heteroatoms. The molecule has 0 saturated carbocycles. The van der Waals surface area contributed by atoms with Crippen LogP contribution >= 0.6 is 0 Å². The Balaban J connectivity index is 1.51. The molecule has 1 aliphatic heterocycles. The van der Waals surface area contributed by atoms with Gasteiger partial charge in [0.25, 0.3) is 0 Å². The van der Waals surface area contributed by atoms with Crippen LogP contribution in [0.2, 0.25) is 0 Å². The number of nitrogens with zero attached hydrogens (tertiary/aromatic N) is 4. The predicted octanol–water partition coefficient (Wildman–Crippen LogP) is 2.28. The Morgan fingerprint density at radius 3 is 2.46 bits per heavy atom. The topological polar surface area (TPSA) is 52.4 Å². The normalized spacial score (nSPS) is 15.8. The van der Waals surface area contributed by atoms with Crippen molar-refractivity contribution < 1.29 is 4.74 Å². The molecular weight excluding hydrogens is 300 g/mol. The van der Waals surface area contributed by atoms with Crippen molar-refractivity contribution in [1.82, 2.24) is 14.8 Å². The first-order chi connectivity index (χ1) is 11.8. The van der Waals surface area contributed by atoms with Crippen LogP contribution in [-0.4, -0.2) is 48.1 Å². The van der Waals surface area contributed by atoms with Crippen molar-refractivity contribution in [2.24, 2.45) is 0 Å². The summed E-state index contributed by atoms with van der Waals surface area (Å²) in [5.41, 5.74) is 2.98. The third-order valence-electron chi connectivity index (χ3n) is 4.30. The maximum absolute atomic E-state index is 9.00. The standard InChI is InChI=1S/C19H22N4O/c1-24-19-7-3-6-18(21-19)15-23-10-8-22(9-11-23)14-17-5-2-4-16(12-17)13-20/h2-7,12H,8-11,14-15H2,1H3. The number of nitriles is 1. The molecule has 0 atom stereocenters. The van der Waals surface area contributed by atoms with E-state index < -0.39 is 0 Å². The van der Waals surface area contributed by atoms with E-state index in [0.717, 1.165) is 50.5 Å². The van der Waals surface area contributed by atoms with Crippen molar-refractivity contribution in [3.05, 3.63) is 59.3 Å². The van der Waals surface area contributed by atoms with E-state index in [-0.39, 0.29) is 0 Å². The predicted molar refractivity (Wildman–Crippen MR) is 92.5 cm³/mol. The zero-order chi connectivity index (χ0) is 16.8. The maximum Gasteiger partial charge on any atom is 0.213 e. The molecular formula is C19H22N4O. The van der Waals surface area contributed by atoms with Gasteiger partial charge in [0.05, 0.1) is 24.4 Å². The monoisotopic (exact) mass is 322 g/mol. The highest BCUT2D eigenvalue weighted by Gasteiger charge is 2.17. The van der Waals surface area contributed by atoms with Gasteiger partial charge in [-0.15, -0.1) is 0 Å². The third kappa shape index (κ3) is 4.31. The second-order valence-electron chi connectivity index (χ2n) is 6.04. The number of aromatic nitrogens is 1. The second-order valence-corrected chi connectivity index (χ2v) is 6.04. The van der Waals surface area contributed by atoms with E-state index in [1.807, 2.05) is 36.4 Å². The number of benzene rings is 1. The third-order valence-corrected chi connectivity index (χ3v) is 4.30. The van der Waals surface area contributed by atoms with E-state index >= 15 is 0 Å². The number of pyridine rings is 1. The summed E-state index contributed by atoms with van der Waals surface area (Å²) in [5, 5.41) is 9.00. The molecule has 0 N–H and O–H groups in total. The average Bonchev–Trinajstić information content (AvgIpc) is 2.64. The lowest BCUT2D eigenvalue weighted by Crippen LogP contribution is -2.45. The fourth-order valence-electron chi connectivity index (χ4n) is 2.99. The van der Waals surface area contributed by atoms with Crippen molar-refractivity contribution in [2.45, 2.75) is 13.1 Å². The number of piperazine rings is 1. The van der Waals surface area contributed by atoms with Gasteiger partial charge in [0.1, 0.15) is 0 Å². The van der Waals surface area contributed by atoms with Gasteiger partial charge in [0.15, 0.2) is 0 Å². The molecule has 0 bridgehead atoms. The molecule has 0 amide bonds. The summed E-state index contributed by atoms with van der Waals surface area (Å²) in [6.45, 7) is 5.87. The summed E-state index contributed by atoms with van der Waals surface area (Å²) in [5.74, 6) is 0.670. The summed E-state index contributed by atoms with van der Waals surface area (Å²) in [4.78, 5) is 9.34. The Morgan fingerprint density at radius 2 is 1.75 bits per heavy atom. The van der Waals surface area contributed by atoms with Gasteiger partial charge in [-0.2, -0.15) is 5.26 Å². The van der Waals surface area contributed by atoms with E-state index in [1.54, 1.807) is 7.11 Å². The van der Waals surface area contributed by atoms with Crippen molar-refractivity contribution >= 4 is 0 Å². The lowest BCUT2D eigenvalue weighted by Gasteiger charge is -2.34. The fourth-order valence-corrected chi connectivity index (χ4v) is 2.99. The van der Waals surface area contributed by atoms with Crippen LogP contribution in [0.15, 0.2) is 42.5 Å². The van der Waals surface area contributed by atoms with E-state index in [0.29, 0.717) is 5.88 Å². The molecule has 1 fully saturated rings. The largest absolute Gasteiger partial charge is 0.481 e. The molecule has 0 spiro atoms. The summed E-state index contributed by atoms with van der Waals surface area (Å²) in [6, 6.07) is 16.0. The van der Waals surface area contributed by atoms with Crippen molar-refractivity contribution in [2.75, 3.05) is 33.3 Å². The lowest BCUT2D eigenvalue weighted by atomic mass is 10.1. The van der Waals surface area contributed by atoms with Crippen LogP contribution in [-0.2, 0) is 13.1 Å². The smallest absolute Gasteiger partial charge is 0.213 e. The molecule has 124 valence electrons. The van der Waals surface area contributed by atoms with Crippen molar-refractivity contribution in [3.8, 4) is 11.9 Å². The van der Waals surface area contributed by atoms with Gasteiger partial charge < -0.3 is 4.74 Å². The van der Waals surface area contributed by atoms with Gasteiger partial charge in [-0.05, 0) is 23.8 Å². The minimum atomic E-state index is 0.670. The molecule has 2 aromatic rings. The molecule has 1 aliphatic rings. The van der Waals surface area contributed by atoms with Crippen LogP contribution < -0.4 is 4.74 Å². The number of hydrogen-bond donors (Lipinski definition) is 0. The Hall–Kier alpha value is -2.42. The molecule has 5 nitrogen and oxygen atoms in total. The highest BCUT2D eigenvalue weighted by atomic mass is 16.5. The Kier molecular flexibility index (Phi) is 5.42. The highest BCUT2D eigenvalue weighted by molar-refractivity contribution is 5.32.